The van der Waals surface area contributed by atoms with Crippen LogP contribution in [-0.4, -0.2) is 44.2 Å². The first-order valence-electron chi connectivity index (χ1n) is 10.8. The Labute approximate surface area is 203 Å². The molecule has 8 nitrogen and oxygen atoms in total. The van der Waals surface area contributed by atoms with Crippen LogP contribution in [0.2, 0.25) is 0 Å². The van der Waals surface area contributed by atoms with Gasteiger partial charge in [-0.2, -0.15) is 0 Å². The summed E-state index contributed by atoms with van der Waals surface area (Å²) in [5.74, 6) is -0.521. The number of methoxy groups -OCH3 is 1. The van der Waals surface area contributed by atoms with Crippen molar-refractivity contribution in [1.29, 1.82) is 0 Å². The van der Waals surface area contributed by atoms with E-state index in [9.17, 15) is 13.6 Å². The molecule has 1 amide bonds. The summed E-state index contributed by atoms with van der Waals surface area (Å²) in [5, 5.41) is 2.76. The van der Waals surface area contributed by atoms with E-state index in [0.717, 1.165) is 29.5 Å². The van der Waals surface area contributed by atoms with Gasteiger partial charge in [-0.1, -0.05) is 0 Å². The lowest BCUT2D eigenvalue weighted by Gasteiger charge is -2.35. The molecule has 1 aliphatic rings. The van der Waals surface area contributed by atoms with E-state index in [2.05, 4.69) is 29.6 Å². The number of halogens is 3. The second-order valence-corrected chi connectivity index (χ2v) is 8.62. The molecule has 1 aliphatic carbocycles. The molecule has 0 atom stereocenters. The normalized spacial score (nSPS) is 17.7. The monoisotopic (exact) mass is 499 g/mol. The number of nitrogens with zero attached hydrogens (tertiary/aromatic N) is 4. The molecule has 11 heteroatoms. The number of benzene rings is 2. The third kappa shape index (κ3) is 4.94. The average molecular weight is 500 g/mol. The van der Waals surface area contributed by atoms with Gasteiger partial charge in [-0.15, -0.1) is 8.78 Å². The predicted molar refractivity (Wildman–Crippen MR) is 126 cm³/mol. The fourth-order valence-corrected chi connectivity index (χ4v) is 4.23. The van der Waals surface area contributed by atoms with Gasteiger partial charge in [0.2, 0.25) is 0 Å². The highest BCUT2D eigenvalue weighted by Gasteiger charge is 2.32. The van der Waals surface area contributed by atoms with E-state index in [1.165, 1.54) is 30.6 Å². The van der Waals surface area contributed by atoms with Crippen LogP contribution in [0.5, 0.6) is 5.75 Å². The van der Waals surface area contributed by atoms with Crippen LogP contribution in [0.25, 0.3) is 22.2 Å². The zero-order chi connectivity index (χ0) is 24.6. The third-order valence-corrected chi connectivity index (χ3v) is 6.02. The smallest absolute Gasteiger partial charge is 0.420 e. The fourth-order valence-electron chi connectivity index (χ4n) is 4.14. The van der Waals surface area contributed by atoms with Gasteiger partial charge in [0.15, 0.2) is 0 Å². The predicted octanol–water partition coefficient (Wildman–Crippen LogP) is 5.26. The Balaban J connectivity index is 1.46. The highest BCUT2D eigenvalue weighted by Crippen LogP contribution is 2.39. The number of fused-ring (bicyclic) bond motifs is 1. The van der Waals surface area contributed by atoms with Gasteiger partial charge >= 0.3 is 5.57 Å². The van der Waals surface area contributed by atoms with Crippen molar-refractivity contribution in [2.45, 2.75) is 30.6 Å². The first kappa shape index (κ1) is 23.1. The van der Waals surface area contributed by atoms with Gasteiger partial charge in [0.25, 0.3) is 5.91 Å². The minimum atomic E-state index is -3.81. The summed E-state index contributed by atoms with van der Waals surface area (Å²) in [5.41, 5.74) is 0.0307. The van der Waals surface area contributed by atoms with Crippen molar-refractivity contribution >= 4 is 34.2 Å². The highest BCUT2D eigenvalue weighted by molar-refractivity contribution is 6.20. The van der Waals surface area contributed by atoms with Gasteiger partial charge in [-0.25, -0.2) is 15.0 Å². The van der Waals surface area contributed by atoms with Crippen LogP contribution in [0.3, 0.4) is 0 Å². The quantitative estimate of drug-likeness (QED) is 0.349. The second-order valence-electron chi connectivity index (χ2n) is 8.18. The fraction of sp³-hybridized carbons (Fsp3) is 0.250. The van der Waals surface area contributed by atoms with E-state index in [-0.39, 0.29) is 23.8 Å². The minimum absolute atomic E-state index is 0.131. The Hall–Kier alpha value is -3.63. The zero-order valence-electron chi connectivity index (χ0n) is 18.5. The number of carbonyl (C=O) groups is 1. The molecule has 180 valence electrons. The molecule has 1 N–H and O–H groups in total. The number of anilines is 1. The summed E-state index contributed by atoms with van der Waals surface area (Å²) in [6.07, 6.45) is 8.57. The van der Waals surface area contributed by atoms with Crippen molar-refractivity contribution in [3.8, 4) is 16.9 Å². The van der Waals surface area contributed by atoms with E-state index in [0.29, 0.717) is 16.8 Å². The van der Waals surface area contributed by atoms with Crippen molar-refractivity contribution in [3.63, 3.8) is 0 Å². The molecule has 0 unspecified atom stereocenters. The van der Waals surface area contributed by atoms with Crippen molar-refractivity contribution in [1.82, 2.24) is 19.5 Å². The number of aromatic nitrogens is 4. The number of rotatable bonds is 7. The van der Waals surface area contributed by atoms with E-state index in [1.54, 1.807) is 38.0 Å². The Morgan fingerprint density at radius 3 is 2.54 bits per heavy atom. The summed E-state index contributed by atoms with van der Waals surface area (Å²) in [4.78, 5) is 25.9. The molecular formula is C24H20ClF2N5O3. The molecule has 0 bridgehead atoms. The Kier molecular flexibility index (Phi) is 6.08. The number of imidazole rings is 1. The maximum absolute atomic E-state index is 13.1. The molecule has 2 heterocycles. The van der Waals surface area contributed by atoms with Crippen LogP contribution in [0.15, 0.2) is 61.4 Å². The molecule has 0 saturated heterocycles. The number of amides is 1. The Morgan fingerprint density at radius 2 is 1.89 bits per heavy atom. The van der Waals surface area contributed by atoms with Crippen LogP contribution >= 0.6 is 11.6 Å². The third-order valence-electron chi connectivity index (χ3n) is 5.95. The van der Waals surface area contributed by atoms with Gasteiger partial charge in [-0.3, -0.25) is 4.79 Å². The maximum atomic E-state index is 13.1. The molecule has 2 aromatic carbocycles. The molecule has 4 aromatic rings. The van der Waals surface area contributed by atoms with Crippen LogP contribution in [0.1, 0.15) is 29.2 Å². The summed E-state index contributed by atoms with van der Waals surface area (Å²) in [7, 11) is 1.71. The lowest BCUT2D eigenvalue weighted by Crippen LogP contribution is -2.32. The summed E-state index contributed by atoms with van der Waals surface area (Å²) in [6.45, 7) is 0. The van der Waals surface area contributed by atoms with E-state index in [4.69, 9.17) is 16.3 Å². The van der Waals surface area contributed by atoms with Crippen LogP contribution in [0, 0.1) is 0 Å². The number of alkyl halides is 3. The lowest BCUT2D eigenvalue weighted by atomic mass is 9.88. The van der Waals surface area contributed by atoms with E-state index < -0.39 is 5.57 Å². The van der Waals surface area contributed by atoms with Gasteiger partial charge in [-0.05, 0) is 49.2 Å². The SMILES string of the molecule is COC1CC(n2cnc3cc(C(=O)Nc4ccc(OC(F)(F)Cl)cc4)cc(-c4cncnc4)c32)C1. The van der Waals surface area contributed by atoms with E-state index >= 15 is 0 Å². The molecule has 2 aromatic heterocycles. The molecule has 1 saturated carbocycles. The van der Waals surface area contributed by atoms with Crippen LogP contribution in [0.4, 0.5) is 14.5 Å². The Bertz CT molecular complexity index is 1350. The molecule has 5 rings (SSSR count). The van der Waals surface area contributed by atoms with E-state index in [1.807, 2.05) is 0 Å². The zero-order valence-corrected chi connectivity index (χ0v) is 19.2. The van der Waals surface area contributed by atoms with Crippen molar-refractivity contribution in [3.05, 3.63) is 67.0 Å². The lowest BCUT2D eigenvalue weighted by molar-refractivity contribution is -0.0964. The standard InChI is InChI=1S/C24H20ClF2N5O3/c1-34-19-8-17(9-19)32-13-30-21-7-14(6-20(22(21)32)15-10-28-12-29-11-15)23(33)31-16-2-4-18(5-3-16)35-24(25,26)27/h2-7,10-13,17,19H,8-9H2,1H3,(H,31,33). The minimum Gasteiger partial charge on any atom is -0.420 e. The van der Waals surface area contributed by atoms with Crippen molar-refractivity contribution < 1.29 is 23.0 Å². The number of ether oxygens (including phenoxy) is 2. The average Bonchev–Trinajstić information content (AvgIpc) is 3.22. The first-order chi connectivity index (χ1) is 16.8. The number of carbonyl (C=O) groups excluding carboxylic acids is 1. The Morgan fingerprint density at radius 1 is 1.17 bits per heavy atom. The number of hydrogen-bond donors (Lipinski definition) is 1. The largest absolute Gasteiger partial charge is 0.487 e. The van der Waals surface area contributed by atoms with Gasteiger partial charge in [0.1, 0.15) is 12.1 Å². The summed E-state index contributed by atoms with van der Waals surface area (Å²) in [6, 6.07) is 9.19. The summed E-state index contributed by atoms with van der Waals surface area (Å²) >= 11 is 4.79. The van der Waals surface area contributed by atoms with Crippen LogP contribution < -0.4 is 10.1 Å². The molecular weight excluding hydrogens is 480 g/mol. The molecule has 35 heavy (non-hydrogen) atoms. The highest BCUT2D eigenvalue weighted by atomic mass is 35.5. The topological polar surface area (TPSA) is 91.2 Å². The number of nitrogens with one attached hydrogen (secondary N) is 1. The molecule has 1 fully saturated rings. The second kappa shape index (κ2) is 9.20. The summed E-state index contributed by atoms with van der Waals surface area (Å²) < 4.78 is 37.5. The van der Waals surface area contributed by atoms with Gasteiger partial charge in [0, 0.05) is 59.5 Å². The first-order valence-corrected chi connectivity index (χ1v) is 11.1. The van der Waals surface area contributed by atoms with Crippen molar-refractivity contribution in [2.75, 3.05) is 12.4 Å². The van der Waals surface area contributed by atoms with Gasteiger partial charge in [0.05, 0.1) is 23.5 Å². The van der Waals surface area contributed by atoms with Crippen LogP contribution in [-0.2, 0) is 4.74 Å². The molecule has 0 aliphatic heterocycles. The number of hydrogen-bond acceptors (Lipinski definition) is 6. The molecule has 0 spiro atoms. The maximum Gasteiger partial charge on any atom is 0.487 e. The van der Waals surface area contributed by atoms with Crippen molar-refractivity contribution in [2.24, 2.45) is 0 Å². The molecule has 0 radical (unpaired) electrons. The van der Waals surface area contributed by atoms with Gasteiger partial charge < -0.3 is 19.4 Å².